The summed E-state index contributed by atoms with van der Waals surface area (Å²) in [5.74, 6) is 0.528. The maximum atomic E-state index is 13.1. The number of methoxy groups -OCH3 is 2. The van der Waals surface area contributed by atoms with Crippen molar-refractivity contribution < 1.29 is 22.4 Å². The van der Waals surface area contributed by atoms with Crippen LogP contribution in [-0.2, 0) is 23.1 Å². The Morgan fingerprint density at radius 2 is 1.91 bits per heavy atom. The van der Waals surface area contributed by atoms with Crippen LogP contribution in [0.1, 0.15) is 16.7 Å². The van der Waals surface area contributed by atoms with Gasteiger partial charge in [-0.05, 0) is 42.3 Å². The van der Waals surface area contributed by atoms with E-state index in [2.05, 4.69) is 15.0 Å². The van der Waals surface area contributed by atoms with Gasteiger partial charge in [0.05, 0.1) is 27.0 Å². The van der Waals surface area contributed by atoms with Crippen LogP contribution in [-0.4, -0.2) is 37.6 Å². The number of nitrogens with zero attached hydrogens (tertiary/aromatic N) is 3. The number of nitrogens with one attached hydrogen (secondary N) is 1. The third-order valence-corrected chi connectivity index (χ3v) is 6.82. The predicted octanol–water partition coefficient (Wildman–Crippen LogP) is 3.31. The van der Waals surface area contributed by atoms with Gasteiger partial charge >= 0.3 is 0 Å². The molecule has 0 aliphatic carbocycles. The van der Waals surface area contributed by atoms with Crippen LogP contribution in [0.15, 0.2) is 46.1 Å². The van der Waals surface area contributed by atoms with Gasteiger partial charge in [-0.1, -0.05) is 16.8 Å². The molecule has 174 valence electrons. The summed E-state index contributed by atoms with van der Waals surface area (Å²) in [7, 11) is -1.24. The Hall–Kier alpha value is -3.28. The molecular weight excluding hydrogens is 470 g/mol. The van der Waals surface area contributed by atoms with Crippen LogP contribution in [0.5, 0.6) is 11.5 Å². The molecule has 2 aromatic carbocycles. The number of aryl methyl sites for hydroxylation is 1. The molecule has 0 saturated heterocycles. The van der Waals surface area contributed by atoms with Crippen molar-refractivity contribution in [2.75, 3.05) is 18.9 Å². The molecule has 0 amide bonds. The summed E-state index contributed by atoms with van der Waals surface area (Å²) in [6, 6.07) is 6.39. The molecule has 0 spiro atoms. The van der Waals surface area contributed by atoms with Gasteiger partial charge in [0.15, 0.2) is 11.4 Å². The van der Waals surface area contributed by atoms with Gasteiger partial charge in [0, 0.05) is 23.3 Å². The second-order valence-electron chi connectivity index (χ2n) is 7.31. The van der Waals surface area contributed by atoms with Crippen molar-refractivity contribution >= 4 is 38.4 Å². The quantitative estimate of drug-likeness (QED) is 0.383. The maximum Gasteiger partial charge on any atom is 0.266 e. The molecule has 2 aromatic heterocycles. The molecule has 33 heavy (non-hydrogen) atoms. The van der Waals surface area contributed by atoms with Crippen LogP contribution >= 0.6 is 11.6 Å². The minimum absolute atomic E-state index is 0.0170. The molecule has 0 radical (unpaired) electrons. The molecule has 0 aliphatic heterocycles. The van der Waals surface area contributed by atoms with E-state index in [0.717, 1.165) is 11.1 Å². The Morgan fingerprint density at radius 3 is 2.58 bits per heavy atom. The highest BCUT2D eigenvalue weighted by Gasteiger charge is 2.25. The van der Waals surface area contributed by atoms with Gasteiger partial charge in [-0.2, -0.15) is 5.10 Å². The first kappa shape index (κ1) is 22.9. The molecule has 2 heterocycles. The maximum absolute atomic E-state index is 13.1. The monoisotopic (exact) mass is 491 g/mol. The Balaban J connectivity index is 1.71. The van der Waals surface area contributed by atoms with Crippen LogP contribution in [0.3, 0.4) is 0 Å². The minimum atomic E-state index is -4.10. The summed E-state index contributed by atoms with van der Waals surface area (Å²) in [4.78, 5) is -0.123. The van der Waals surface area contributed by atoms with Crippen LogP contribution in [0.2, 0.25) is 5.02 Å². The highest BCUT2D eigenvalue weighted by atomic mass is 35.5. The SMILES string of the molecule is COc1cc(C)c(Cl)cc1S(=O)(=O)Nc1noc2cc(Cn3cc(CN)cn3)cc(OC)c12. The van der Waals surface area contributed by atoms with E-state index in [9.17, 15) is 8.42 Å². The number of sulfonamides is 1. The summed E-state index contributed by atoms with van der Waals surface area (Å²) in [6.45, 7) is 2.58. The zero-order chi connectivity index (χ0) is 23.8. The average molecular weight is 492 g/mol. The number of benzene rings is 2. The van der Waals surface area contributed by atoms with Gasteiger partial charge in [0.25, 0.3) is 10.0 Å². The molecule has 0 unspecified atom stereocenters. The third-order valence-electron chi connectivity index (χ3n) is 5.05. The molecule has 0 bridgehead atoms. The molecule has 3 N–H and O–H groups in total. The molecule has 0 saturated carbocycles. The van der Waals surface area contributed by atoms with Crippen molar-refractivity contribution in [3.63, 3.8) is 0 Å². The van der Waals surface area contributed by atoms with Crippen molar-refractivity contribution in [1.82, 2.24) is 14.9 Å². The Morgan fingerprint density at radius 1 is 1.15 bits per heavy atom. The summed E-state index contributed by atoms with van der Waals surface area (Å²) in [5.41, 5.74) is 8.40. The molecule has 0 aliphatic rings. The summed E-state index contributed by atoms with van der Waals surface area (Å²) in [5, 5.41) is 8.86. The van der Waals surface area contributed by atoms with Gasteiger partial charge in [-0.3, -0.25) is 9.40 Å². The lowest BCUT2D eigenvalue weighted by Crippen LogP contribution is -2.15. The molecule has 4 aromatic rings. The highest BCUT2D eigenvalue weighted by molar-refractivity contribution is 7.92. The number of nitrogens with two attached hydrogens (primary N) is 1. The molecule has 0 fully saturated rings. The van der Waals surface area contributed by atoms with Gasteiger partial charge in [0.2, 0.25) is 0 Å². The number of halogens is 1. The fourth-order valence-electron chi connectivity index (χ4n) is 3.39. The molecular formula is C21H22ClN5O5S. The van der Waals surface area contributed by atoms with E-state index in [4.69, 9.17) is 31.3 Å². The number of hydrogen-bond acceptors (Lipinski definition) is 8. The number of hydrogen-bond donors (Lipinski definition) is 2. The standard InChI is InChI=1S/C21H22ClN5O5S/c1-12-4-16(30-2)19(7-15(12)22)33(28,29)26-21-20-17(31-3)5-13(6-18(20)32-25-21)10-27-11-14(8-23)9-24-27/h4-7,9,11H,8,10,23H2,1-3H3,(H,25,26). The van der Waals surface area contributed by atoms with Crippen molar-refractivity contribution in [3.8, 4) is 11.5 Å². The number of anilines is 1. The van der Waals surface area contributed by atoms with E-state index in [0.29, 0.717) is 40.4 Å². The van der Waals surface area contributed by atoms with Gasteiger partial charge in [-0.15, -0.1) is 0 Å². The van der Waals surface area contributed by atoms with Crippen molar-refractivity contribution in [1.29, 1.82) is 0 Å². The first-order valence-corrected chi connectivity index (χ1v) is 11.7. The zero-order valence-corrected chi connectivity index (χ0v) is 19.7. The van der Waals surface area contributed by atoms with E-state index in [1.54, 1.807) is 36.0 Å². The fourth-order valence-corrected chi connectivity index (χ4v) is 4.80. The molecule has 12 heteroatoms. The predicted molar refractivity (Wildman–Crippen MR) is 123 cm³/mol. The average Bonchev–Trinajstić information content (AvgIpc) is 3.41. The number of fused-ring (bicyclic) bond motifs is 1. The van der Waals surface area contributed by atoms with Crippen molar-refractivity contribution in [3.05, 3.63) is 58.4 Å². The second kappa shape index (κ2) is 8.93. The van der Waals surface area contributed by atoms with E-state index < -0.39 is 10.0 Å². The zero-order valence-electron chi connectivity index (χ0n) is 18.1. The summed E-state index contributed by atoms with van der Waals surface area (Å²) >= 11 is 6.15. The van der Waals surface area contributed by atoms with Crippen molar-refractivity contribution in [2.45, 2.75) is 24.9 Å². The minimum Gasteiger partial charge on any atom is -0.496 e. The van der Waals surface area contributed by atoms with E-state index >= 15 is 0 Å². The first-order valence-electron chi connectivity index (χ1n) is 9.80. The first-order chi connectivity index (χ1) is 15.7. The van der Waals surface area contributed by atoms with Gasteiger partial charge in [0.1, 0.15) is 21.8 Å². The van der Waals surface area contributed by atoms with E-state index in [1.807, 2.05) is 6.20 Å². The van der Waals surface area contributed by atoms with Gasteiger partial charge in [-0.25, -0.2) is 8.42 Å². The second-order valence-corrected chi connectivity index (χ2v) is 9.37. The lowest BCUT2D eigenvalue weighted by Gasteiger charge is -2.12. The Kier molecular flexibility index (Phi) is 6.19. The molecule has 4 rings (SSSR count). The fraction of sp³-hybridized carbons (Fsp3) is 0.238. The Labute approximate surface area is 195 Å². The normalized spacial score (nSPS) is 11.7. The summed E-state index contributed by atoms with van der Waals surface area (Å²) < 4.78 is 46.6. The largest absolute Gasteiger partial charge is 0.496 e. The molecule has 0 atom stereocenters. The Bertz CT molecular complexity index is 1430. The van der Waals surface area contributed by atoms with Crippen LogP contribution in [0.4, 0.5) is 5.82 Å². The molecule has 10 nitrogen and oxygen atoms in total. The topological polar surface area (TPSA) is 134 Å². The third kappa shape index (κ3) is 4.47. The van der Waals surface area contributed by atoms with E-state index in [-0.39, 0.29) is 16.5 Å². The van der Waals surface area contributed by atoms with Gasteiger partial charge < -0.3 is 19.7 Å². The highest BCUT2D eigenvalue weighted by Crippen LogP contribution is 2.36. The van der Waals surface area contributed by atoms with Crippen LogP contribution < -0.4 is 19.9 Å². The number of ether oxygens (including phenoxy) is 2. The smallest absolute Gasteiger partial charge is 0.266 e. The van der Waals surface area contributed by atoms with Crippen LogP contribution in [0.25, 0.3) is 11.0 Å². The number of rotatable bonds is 8. The van der Waals surface area contributed by atoms with E-state index in [1.165, 1.54) is 20.3 Å². The number of aromatic nitrogens is 3. The summed E-state index contributed by atoms with van der Waals surface area (Å²) in [6.07, 6.45) is 3.54. The lowest BCUT2D eigenvalue weighted by atomic mass is 10.1. The van der Waals surface area contributed by atoms with Crippen LogP contribution in [0, 0.1) is 6.92 Å². The lowest BCUT2D eigenvalue weighted by molar-refractivity contribution is 0.402. The van der Waals surface area contributed by atoms with Crippen molar-refractivity contribution in [2.24, 2.45) is 5.73 Å².